The van der Waals surface area contributed by atoms with Gasteiger partial charge in [-0.1, -0.05) is 24.2 Å². The number of benzene rings is 1. The zero-order valence-electron chi connectivity index (χ0n) is 8.79. The molecule has 0 atom stereocenters. The van der Waals surface area contributed by atoms with Crippen LogP contribution in [0.15, 0.2) is 30.4 Å². The van der Waals surface area contributed by atoms with Crippen molar-refractivity contribution in [3.05, 3.63) is 40.9 Å². The van der Waals surface area contributed by atoms with E-state index < -0.39 is 0 Å². The molecule has 0 saturated carbocycles. The number of amides is 2. The summed E-state index contributed by atoms with van der Waals surface area (Å²) in [5.74, 6) is -0.597. The SMILES string of the molecule is C=C1CC(=O)N(c2ccc(C)c(Cl)c2)C1=O. The maximum atomic E-state index is 11.7. The monoisotopic (exact) mass is 235 g/mol. The van der Waals surface area contributed by atoms with Gasteiger partial charge >= 0.3 is 0 Å². The maximum Gasteiger partial charge on any atom is 0.260 e. The van der Waals surface area contributed by atoms with E-state index >= 15 is 0 Å². The summed E-state index contributed by atoms with van der Waals surface area (Å²) in [4.78, 5) is 24.4. The third-order valence-electron chi connectivity index (χ3n) is 2.53. The lowest BCUT2D eigenvalue weighted by atomic mass is 10.2. The first-order chi connectivity index (χ1) is 7.50. The van der Waals surface area contributed by atoms with Gasteiger partial charge in [0.15, 0.2) is 0 Å². The number of anilines is 1. The highest BCUT2D eigenvalue weighted by molar-refractivity contribution is 6.32. The van der Waals surface area contributed by atoms with Crippen LogP contribution in [0.2, 0.25) is 5.02 Å². The van der Waals surface area contributed by atoms with E-state index in [1.165, 1.54) is 0 Å². The molecule has 82 valence electrons. The molecule has 0 N–H and O–H groups in total. The van der Waals surface area contributed by atoms with Gasteiger partial charge in [-0.25, -0.2) is 4.90 Å². The summed E-state index contributed by atoms with van der Waals surface area (Å²) in [7, 11) is 0. The summed E-state index contributed by atoms with van der Waals surface area (Å²) < 4.78 is 0. The third-order valence-corrected chi connectivity index (χ3v) is 2.94. The van der Waals surface area contributed by atoms with Gasteiger partial charge in [-0.05, 0) is 24.6 Å². The minimum absolute atomic E-state index is 0.0876. The molecule has 1 fully saturated rings. The second kappa shape index (κ2) is 3.76. The molecule has 0 radical (unpaired) electrons. The normalized spacial score (nSPS) is 16.1. The predicted molar refractivity (Wildman–Crippen MR) is 62.4 cm³/mol. The fourth-order valence-corrected chi connectivity index (χ4v) is 1.77. The number of imide groups is 1. The van der Waals surface area contributed by atoms with Gasteiger partial charge in [0.1, 0.15) is 0 Å². The number of aryl methyl sites for hydroxylation is 1. The number of nitrogens with zero attached hydrogens (tertiary/aromatic N) is 1. The molecule has 1 aliphatic heterocycles. The molecular weight excluding hydrogens is 226 g/mol. The summed E-state index contributed by atoms with van der Waals surface area (Å²) in [5, 5.41) is 0.538. The summed E-state index contributed by atoms with van der Waals surface area (Å²) in [6.07, 6.45) is 0.0876. The van der Waals surface area contributed by atoms with Crippen LogP contribution in [-0.4, -0.2) is 11.8 Å². The van der Waals surface area contributed by atoms with E-state index in [0.717, 1.165) is 10.5 Å². The third kappa shape index (κ3) is 1.63. The van der Waals surface area contributed by atoms with E-state index in [-0.39, 0.29) is 18.2 Å². The zero-order valence-corrected chi connectivity index (χ0v) is 9.54. The first kappa shape index (κ1) is 10.9. The highest BCUT2D eigenvalue weighted by atomic mass is 35.5. The highest BCUT2D eigenvalue weighted by Crippen LogP contribution is 2.28. The first-order valence-electron chi connectivity index (χ1n) is 4.82. The quantitative estimate of drug-likeness (QED) is 0.554. The average Bonchev–Trinajstić information content (AvgIpc) is 2.47. The molecular formula is C12H10ClNO2. The predicted octanol–water partition coefficient (Wildman–Crippen LogP) is 2.47. The van der Waals surface area contributed by atoms with Crippen molar-refractivity contribution in [1.82, 2.24) is 0 Å². The van der Waals surface area contributed by atoms with Crippen LogP contribution in [0.4, 0.5) is 5.69 Å². The van der Waals surface area contributed by atoms with Crippen molar-refractivity contribution in [3.8, 4) is 0 Å². The van der Waals surface area contributed by atoms with Crippen LogP contribution >= 0.6 is 11.6 Å². The number of hydrogen-bond donors (Lipinski definition) is 0. The number of carbonyl (C=O) groups is 2. The Kier molecular flexibility index (Phi) is 2.56. The average molecular weight is 236 g/mol. The molecule has 0 aromatic heterocycles. The molecule has 2 rings (SSSR count). The van der Waals surface area contributed by atoms with Crippen molar-refractivity contribution >= 4 is 29.1 Å². The van der Waals surface area contributed by atoms with Crippen LogP contribution in [-0.2, 0) is 9.59 Å². The lowest BCUT2D eigenvalue weighted by Gasteiger charge is -2.14. The van der Waals surface area contributed by atoms with Crippen molar-refractivity contribution in [1.29, 1.82) is 0 Å². The molecule has 3 nitrogen and oxygen atoms in total. The number of halogens is 1. The number of rotatable bonds is 1. The maximum absolute atomic E-state index is 11.7. The molecule has 0 unspecified atom stereocenters. The van der Waals surface area contributed by atoms with E-state index in [4.69, 9.17) is 11.6 Å². The molecule has 1 heterocycles. The molecule has 4 heteroatoms. The highest BCUT2D eigenvalue weighted by Gasteiger charge is 2.33. The minimum atomic E-state index is -0.343. The Bertz CT molecular complexity index is 508. The Hall–Kier alpha value is -1.61. The van der Waals surface area contributed by atoms with Crippen molar-refractivity contribution in [2.45, 2.75) is 13.3 Å². The second-order valence-electron chi connectivity index (χ2n) is 3.75. The van der Waals surface area contributed by atoms with Crippen molar-refractivity contribution < 1.29 is 9.59 Å². The Morgan fingerprint density at radius 3 is 2.56 bits per heavy atom. The molecule has 1 aliphatic rings. The van der Waals surface area contributed by atoms with Crippen LogP contribution < -0.4 is 4.90 Å². The van der Waals surface area contributed by atoms with E-state index in [2.05, 4.69) is 6.58 Å². The van der Waals surface area contributed by atoms with E-state index in [0.29, 0.717) is 16.3 Å². The van der Waals surface area contributed by atoms with Gasteiger partial charge in [-0.15, -0.1) is 0 Å². The van der Waals surface area contributed by atoms with Crippen LogP contribution in [0, 0.1) is 6.92 Å². The Balaban J connectivity index is 2.45. The number of carbonyl (C=O) groups excluding carboxylic acids is 2. The summed E-state index contributed by atoms with van der Waals surface area (Å²) >= 11 is 5.95. The fraction of sp³-hybridized carbons (Fsp3) is 0.167. The van der Waals surface area contributed by atoms with Crippen molar-refractivity contribution in [2.75, 3.05) is 4.90 Å². The largest absolute Gasteiger partial charge is 0.274 e. The van der Waals surface area contributed by atoms with Gasteiger partial charge in [-0.3, -0.25) is 9.59 Å². The van der Waals surface area contributed by atoms with Gasteiger partial charge in [0, 0.05) is 10.6 Å². The molecule has 2 amide bonds. The summed E-state index contributed by atoms with van der Waals surface area (Å²) in [5.41, 5.74) is 1.73. The Morgan fingerprint density at radius 1 is 1.38 bits per heavy atom. The Morgan fingerprint density at radius 2 is 2.06 bits per heavy atom. The lowest BCUT2D eigenvalue weighted by Crippen LogP contribution is -2.28. The second-order valence-corrected chi connectivity index (χ2v) is 4.16. The van der Waals surface area contributed by atoms with E-state index in [1.54, 1.807) is 18.2 Å². The van der Waals surface area contributed by atoms with Crippen molar-refractivity contribution in [2.24, 2.45) is 0 Å². The van der Waals surface area contributed by atoms with Gasteiger partial charge in [0.05, 0.1) is 12.1 Å². The zero-order chi connectivity index (χ0) is 11.9. The van der Waals surface area contributed by atoms with Crippen LogP contribution in [0.3, 0.4) is 0 Å². The van der Waals surface area contributed by atoms with Gasteiger partial charge in [0.25, 0.3) is 5.91 Å². The lowest BCUT2D eigenvalue weighted by molar-refractivity contribution is -0.120. The Labute approximate surface area is 98.3 Å². The smallest absolute Gasteiger partial charge is 0.260 e. The molecule has 1 aromatic carbocycles. The topological polar surface area (TPSA) is 37.4 Å². The summed E-state index contributed by atoms with van der Waals surface area (Å²) in [6.45, 7) is 5.42. The van der Waals surface area contributed by atoms with Gasteiger partial charge < -0.3 is 0 Å². The van der Waals surface area contributed by atoms with Gasteiger partial charge in [0.2, 0.25) is 5.91 Å². The molecule has 1 aromatic rings. The van der Waals surface area contributed by atoms with Crippen LogP contribution in [0.5, 0.6) is 0 Å². The van der Waals surface area contributed by atoms with E-state index in [9.17, 15) is 9.59 Å². The summed E-state index contributed by atoms with van der Waals surface area (Å²) in [6, 6.07) is 5.10. The van der Waals surface area contributed by atoms with Crippen molar-refractivity contribution in [3.63, 3.8) is 0 Å². The minimum Gasteiger partial charge on any atom is -0.274 e. The standard InChI is InChI=1S/C12H10ClNO2/c1-7-3-4-9(6-10(7)13)14-11(15)5-8(2)12(14)16/h3-4,6H,2,5H2,1H3. The molecule has 0 spiro atoms. The van der Waals surface area contributed by atoms with E-state index in [1.807, 2.05) is 6.92 Å². The molecule has 16 heavy (non-hydrogen) atoms. The van der Waals surface area contributed by atoms with Gasteiger partial charge in [-0.2, -0.15) is 0 Å². The molecule has 0 bridgehead atoms. The molecule has 0 aliphatic carbocycles. The number of hydrogen-bond acceptors (Lipinski definition) is 2. The fourth-order valence-electron chi connectivity index (χ4n) is 1.59. The van der Waals surface area contributed by atoms with Crippen LogP contribution in [0.1, 0.15) is 12.0 Å². The first-order valence-corrected chi connectivity index (χ1v) is 5.19. The molecule has 1 saturated heterocycles. The van der Waals surface area contributed by atoms with Crippen LogP contribution in [0.25, 0.3) is 0 Å².